The Bertz CT molecular complexity index is 745. The summed E-state index contributed by atoms with van der Waals surface area (Å²) in [4.78, 5) is 26.2. The van der Waals surface area contributed by atoms with Crippen molar-refractivity contribution in [1.82, 2.24) is 0 Å². The lowest BCUT2D eigenvalue weighted by molar-refractivity contribution is -0.126. The van der Waals surface area contributed by atoms with Crippen molar-refractivity contribution in [3.8, 4) is 11.5 Å². The molecule has 0 saturated heterocycles. The molecule has 25 heavy (non-hydrogen) atoms. The maximum absolute atomic E-state index is 12.4. The molecule has 0 unspecified atom stereocenters. The first-order chi connectivity index (χ1) is 12.0. The number of methoxy groups -OCH3 is 2. The molecule has 2 aromatic carbocycles. The highest BCUT2D eigenvalue weighted by Crippen LogP contribution is 2.28. The molecule has 6 heteroatoms. The number of likely N-dealkylation sites (N-methyl/N-ethyl adjacent to an activating group) is 1. The number of hydrogen-bond donors (Lipinski definition) is 0. The predicted molar refractivity (Wildman–Crippen MR) is 94.3 cm³/mol. The van der Waals surface area contributed by atoms with Crippen LogP contribution in [0.4, 0.5) is 5.69 Å². The van der Waals surface area contributed by atoms with Crippen LogP contribution in [-0.4, -0.2) is 39.2 Å². The van der Waals surface area contributed by atoms with Crippen LogP contribution in [0.2, 0.25) is 0 Å². The number of hydrogen-bond acceptors (Lipinski definition) is 5. The van der Waals surface area contributed by atoms with E-state index in [1.807, 2.05) is 18.2 Å². The first kappa shape index (κ1) is 18.3. The molecular weight excluding hydrogens is 322 g/mol. The summed E-state index contributed by atoms with van der Waals surface area (Å²) in [6.45, 7) is 1.54. The van der Waals surface area contributed by atoms with Gasteiger partial charge in [0.2, 0.25) is 0 Å². The molecule has 0 aliphatic rings. The van der Waals surface area contributed by atoms with Gasteiger partial charge >= 0.3 is 5.97 Å². The van der Waals surface area contributed by atoms with Gasteiger partial charge in [0.25, 0.3) is 5.91 Å². The first-order valence-electron chi connectivity index (χ1n) is 7.73. The zero-order valence-electron chi connectivity index (χ0n) is 14.7. The maximum Gasteiger partial charge on any atom is 0.339 e. The SMILES string of the molecule is COc1ccc(C(=O)O[C@H](C)C(=O)N(C)c2ccccc2)cc1OC. The largest absolute Gasteiger partial charge is 0.493 e. The van der Waals surface area contributed by atoms with Crippen molar-refractivity contribution >= 4 is 17.6 Å². The number of carbonyl (C=O) groups excluding carboxylic acids is 2. The van der Waals surface area contributed by atoms with Crippen molar-refractivity contribution in [3.05, 3.63) is 54.1 Å². The maximum atomic E-state index is 12.4. The summed E-state index contributed by atoms with van der Waals surface area (Å²) in [6.07, 6.45) is -0.925. The molecule has 0 heterocycles. The van der Waals surface area contributed by atoms with Gasteiger partial charge in [-0.15, -0.1) is 0 Å². The van der Waals surface area contributed by atoms with Gasteiger partial charge in [0.05, 0.1) is 19.8 Å². The minimum absolute atomic E-state index is 0.277. The average molecular weight is 343 g/mol. The number of esters is 1. The first-order valence-corrected chi connectivity index (χ1v) is 7.73. The predicted octanol–water partition coefficient (Wildman–Crippen LogP) is 2.91. The molecule has 0 aliphatic heterocycles. The summed E-state index contributed by atoms with van der Waals surface area (Å²) in [5, 5.41) is 0. The second kappa shape index (κ2) is 8.19. The van der Waals surface area contributed by atoms with Crippen LogP contribution in [0.1, 0.15) is 17.3 Å². The number of anilines is 1. The minimum Gasteiger partial charge on any atom is -0.493 e. The van der Waals surface area contributed by atoms with Gasteiger partial charge in [-0.25, -0.2) is 4.79 Å². The molecule has 0 fully saturated rings. The van der Waals surface area contributed by atoms with Crippen LogP contribution >= 0.6 is 0 Å². The lowest BCUT2D eigenvalue weighted by Crippen LogP contribution is -2.37. The Hall–Kier alpha value is -3.02. The second-order valence-corrected chi connectivity index (χ2v) is 5.35. The fraction of sp³-hybridized carbons (Fsp3) is 0.263. The molecule has 0 radical (unpaired) electrons. The van der Waals surface area contributed by atoms with Crippen molar-refractivity contribution in [3.63, 3.8) is 0 Å². The number of rotatable bonds is 6. The number of carbonyl (C=O) groups is 2. The van der Waals surface area contributed by atoms with Gasteiger partial charge in [0.1, 0.15) is 0 Å². The van der Waals surface area contributed by atoms with Gasteiger partial charge in [-0.2, -0.15) is 0 Å². The van der Waals surface area contributed by atoms with Crippen molar-refractivity contribution in [2.24, 2.45) is 0 Å². The van der Waals surface area contributed by atoms with E-state index in [-0.39, 0.29) is 11.5 Å². The van der Waals surface area contributed by atoms with Gasteiger partial charge in [-0.3, -0.25) is 4.79 Å². The molecule has 132 valence electrons. The van der Waals surface area contributed by atoms with E-state index in [0.717, 1.165) is 5.69 Å². The Morgan fingerprint density at radius 1 is 0.960 bits per heavy atom. The third-order valence-electron chi connectivity index (χ3n) is 3.72. The van der Waals surface area contributed by atoms with E-state index in [1.165, 1.54) is 25.2 Å². The van der Waals surface area contributed by atoms with Crippen molar-refractivity contribution < 1.29 is 23.8 Å². The zero-order valence-corrected chi connectivity index (χ0v) is 14.7. The van der Waals surface area contributed by atoms with Crippen LogP contribution in [0.25, 0.3) is 0 Å². The Balaban J connectivity index is 2.08. The fourth-order valence-corrected chi connectivity index (χ4v) is 2.29. The van der Waals surface area contributed by atoms with Crippen LogP contribution in [-0.2, 0) is 9.53 Å². The second-order valence-electron chi connectivity index (χ2n) is 5.35. The Kier molecular flexibility index (Phi) is 6.00. The molecule has 1 amide bonds. The Morgan fingerprint density at radius 3 is 2.20 bits per heavy atom. The van der Waals surface area contributed by atoms with Gasteiger partial charge in [-0.1, -0.05) is 18.2 Å². The van der Waals surface area contributed by atoms with E-state index in [1.54, 1.807) is 38.2 Å². The normalized spacial score (nSPS) is 11.4. The van der Waals surface area contributed by atoms with E-state index >= 15 is 0 Å². The molecule has 0 aliphatic carbocycles. The van der Waals surface area contributed by atoms with Gasteiger partial charge in [-0.05, 0) is 37.3 Å². The molecule has 0 N–H and O–H groups in total. The Morgan fingerprint density at radius 2 is 1.60 bits per heavy atom. The summed E-state index contributed by atoms with van der Waals surface area (Å²) in [5.41, 5.74) is 1.00. The highest BCUT2D eigenvalue weighted by Gasteiger charge is 2.23. The number of nitrogens with zero attached hydrogens (tertiary/aromatic N) is 1. The quantitative estimate of drug-likeness (QED) is 0.755. The fourth-order valence-electron chi connectivity index (χ4n) is 2.29. The highest BCUT2D eigenvalue weighted by atomic mass is 16.5. The molecule has 0 saturated carbocycles. The molecule has 2 aromatic rings. The van der Waals surface area contributed by atoms with E-state index in [4.69, 9.17) is 14.2 Å². The summed E-state index contributed by atoms with van der Waals surface area (Å²) in [5.74, 6) is -0.00684. The van der Waals surface area contributed by atoms with Crippen molar-refractivity contribution in [2.45, 2.75) is 13.0 Å². The highest BCUT2D eigenvalue weighted by molar-refractivity contribution is 5.98. The third kappa shape index (κ3) is 4.29. The number of para-hydroxylation sites is 1. The molecular formula is C19H21NO5. The van der Waals surface area contributed by atoms with Crippen molar-refractivity contribution in [1.29, 1.82) is 0 Å². The molecule has 0 spiro atoms. The number of ether oxygens (including phenoxy) is 3. The number of benzene rings is 2. The van der Waals surface area contributed by atoms with Gasteiger partial charge in [0.15, 0.2) is 17.6 Å². The van der Waals surface area contributed by atoms with Gasteiger partial charge < -0.3 is 19.1 Å². The summed E-state index contributed by atoms with van der Waals surface area (Å²) in [6, 6.07) is 13.8. The molecule has 0 aromatic heterocycles. The van der Waals surface area contributed by atoms with E-state index in [2.05, 4.69) is 0 Å². The minimum atomic E-state index is -0.925. The van der Waals surface area contributed by atoms with E-state index in [9.17, 15) is 9.59 Å². The van der Waals surface area contributed by atoms with E-state index < -0.39 is 12.1 Å². The average Bonchev–Trinajstić information content (AvgIpc) is 2.66. The summed E-state index contributed by atoms with van der Waals surface area (Å²) >= 11 is 0. The summed E-state index contributed by atoms with van der Waals surface area (Å²) in [7, 11) is 4.63. The standard InChI is InChI=1S/C19H21NO5/c1-13(18(21)20(2)15-8-6-5-7-9-15)25-19(22)14-10-11-16(23-3)17(12-14)24-4/h5-13H,1-4H3/t13-/m1/s1. The number of amides is 1. The smallest absolute Gasteiger partial charge is 0.339 e. The van der Waals surface area contributed by atoms with Crippen LogP contribution < -0.4 is 14.4 Å². The molecule has 1 atom stereocenters. The monoisotopic (exact) mass is 343 g/mol. The van der Waals surface area contributed by atoms with Crippen LogP contribution in [0.5, 0.6) is 11.5 Å². The van der Waals surface area contributed by atoms with Gasteiger partial charge in [0, 0.05) is 12.7 Å². The van der Waals surface area contributed by atoms with Crippen molar-refractivity contribution in [2.75, 3.05) is 26.2 Å². The molecule has 0 bridgehead atoms. The molecule has 6 nitrogen and oxygen atoms in total. The lowest BCUT2D eigenvalue weighted by Gasteiger charge is -2.21. The zero-order chi connectivity index (χ0) is 18.4. The third-order valence-corrected chi connectivity index (χ3v) is 3.72. The Labute approximate surface area is 146 Å². The van der Waals surface area contributed by atoms with Crippen LogP contribution in [0.15, 0.2) is 48.5 Å². The summed E-state index contributed by atoms with van der Waals surface area (Å²) < 4.78 is 15.6. The topological polar surface area (TPSA) is 65.1 Å². The van der Waals surface area contributed by atoms with Crippen LogP contribution in [0, 0.1) is 0 Å². The van der Waals surface area contributed by atoms with E-state index in [0.29, 0.717) is 11.5 Å². The molecule has 2 rings (SSSR count). The van der Waals surface area contributed by atoms with Crippen LogP contribution in [0.3, 0.4) is 0 Å². The lowest BCUT2D eigenvalue weighted by atomic mass is 10.2.